The van der Waals surface area contributed by atoms with Crippen molar-refractivity contribution >= 4 is 40.4 Å². The summed E-state index contributed by atoms with van der Waals surface area (Å²) in [5.74, 6) is 1.05. The molecule has 2 atom stereocenters. The van der Waals surface area contributed by atoms with Gasteiger partial charge in [-0.05, 0) is 11.6 Å². The molecule has 1 saturated heterocycles. The molecule has 0 unspecified atom stereocenters. The van der Waals surface area contributed by atoms with Gasteiger partial charge in [-0.1, -0.05) is 6.92 Å². The van der Waals surface area contributed by atoms with Crippen molar-refractivity contribution in [2.45, 2.75) is 16.8 Å². The molecule has 1 nitrogen and oxygen atoms in total. The molecular weight excluding hydrogens is 176 g/mol. The van der Waals surface area contributed by atoms with Crippen LogP contribution in [-0.2, 0) is 4.79 Å². The van der Waals surface area contributed by atoms with Crippen LogP contribution in [0.5, 0.6) is 0 Å². The highest BCUT2D eigenvalue weighted by Gasteiger charge is 2.27. The van der Waals surface area contributed by atoms with Gasteiger partial charge in [0.1, 0.15) is 4.58 Å². The maximum atomic E-state index is 10.5. The minimum absolute atomic E-state index is 0.00154. The van der Waals surface area contributed by atoms with E-state index in [9.17, 15) is 4.79 Å². The van der Waals surface area contributed by atoms with Crippen LogP contribution >= 0.6 is 35.1 Å². The Bertz CT molecular complexity index is 128. The third-order valence-corrected chi connectivity index (χ3v) is 4.75. The van der Waals surface area contributed by atoms with E-state index in [2.05, 4.69) is 6.92 Å². The predicted molar refractivity (Wildman–Crippen MR) is 44.2 cm³/mol. The quantitative estimate of drug-likeness (QED) is 0.577. The van der Waals surface area contributed by atoms with Crippen molar-refractivity contribution in [3.8, 4) is 0 Å². The summed E-state index contributed by atoms with van der Waals surface area (Å²) in [4.78, 5) is 10.5. The Morgan fingerprint density at radius 2 is 2.44 bits per heavy atom. The Kier molecular flexibility index (Phi) is 2.73. The van der Waals surface area contributed by atoms with Gasteiger partial charge < -0.3 is 0 Å². The summed E-state index contributed by atoms with van der Waals surface area (Å²) in [6.07, 6.45) is 0. The molecule has 1 heterocycles. The highest BCUT2D eigenvalue weighted by atomic mass is 35.5. The minimum atomic E-state index is -0.214. The Labute approximate surface area is 67.9 Å². The lowest BCUT2D eigenvalue weighted by molar-refractivity contribution is -0.109. The molecule has 0 saturated carbocycles. The van der Waals surface area contributed by atoms with Crippen LogP contribution in [0.1, 0.15) is 6.92 Å². The van der Waals surface area contributed by atoms with Gasteiger partial charge in [0.15, 0.2) is 0 Å². The minimum Gasteiger partial charge on any atom is -0.279 e. The second kappa shape index (κ2) is 3.17. The maximum Gasteiger partial charge on any atom is 0.244 e. The second-order valence-electron chi connectivity index (χ2n) is 1.92. The van der Waals surface area contributed by atoms with Gasteiger partial charge >= 0.3 is 0 Å². The lowest BCUT2D eigenvalue weighted by Crippen LogP contribution is -2.01. The van der Waals surface area contributed by atoms with Crippen LogP contribution in [0.15, 0.2) is 0 Å². The van der Waals surface area contributed by atoms with Crippen molar-refractivity contribution in [3.63, 3.8) is 0 Å². The van der Waals surface area contributed by atoms with Crippen molar-refractivity contribution in [1.82, 2.24) is 0 Å². The summed E-state index contributed by atoms with van der Waals surface area (Å²) < 4.78 is 0.00154. The number of carbonyl (C=O) groups excluding carboxylic acids is 1. The molecule has 0 radical (unpaired) electrons. The summed E-state index contributed by atoms with van der Waals surface area (Å²) in [7, 11) is 0. The average molecular weight is 183 g/mol. The first-order valence-electron chi connectivity index (χ1n) is 2.66. The zero-order valence-corrected chi connectivity index (χ0v) is 7.35. The molecule has 1 rings (SSSR count). The van der Waals surface area contributed by atoms with Crippen LogP contribution in [0.4, 0.5) is 0 Å². The van der Waals surface area contributed by atoms with Gasteiger partial charge in [-0.15, -0.1) is 23.5 Å². The Morgan fingerprint density at radius 3 is 2.67 bits per heavy atom. The first kappa shape index (κ1) is 7.76. The van der Waals surface area contributed by atoms with Gasteiger partial charge in [0.05, 0.1) is 0 Å². The molecule has 0 aromatic rings. The Morgan fingerprint density at radius 1 is 1.78 bits per heavy atom. The van der Waals surface area contributed by atoms with E-state index >= 15 is 0 Å². The van der Waals surface area contributed by atoms with E-state index in [1.807, 2.05) is 0 Å². The zero-order valence-electron chi connectivity index (χ0n) is 4.96. The van der Waals surface area contributed by atoms with E-state index in [0.717, 1.165) is 5.75 Å². The molecule has 4 heteroatoms. The van der Waals surface area contributed by atoms with Crippen LogP contribution in [0.2, 0.25) is 0 Å². The standard InChI is InChI=1S/C5H7ClOS2/c1-3-2-8-5(9-3)4(6)7/h3,5H,2H2,1H3/t3-,5-/m1/s1. The summed E-state index contributed by atoms with van der Waals surface area (Å²) in [5, 5.41) is 0.372. The highest BCUT2D eigenvalue weighted by Crippen LogP contribution is 2.38. The molecular formula is C5H7ClOS2. The van der Waals surface area contributed by atoms with E-state index in [-0.39, 0.29) is 9.82 Å². The van der Waals surface area contributed by atoms with Gasteiger partial charge in [-0.3, -0.25) is 4.79 Å². The topological polar surface area (TPSA) is 17.1 Å². The third-order valence-electron chi connectivity index (χ3n) is 1.02. The fourth-order valence-electron chi connectivity index (χ4n) is 0.631. The number of hydrogen-bond donors (Lipinski definition) is 0. The Hall–Kier alpha value is 0.660. The molecule has 52 valence electrons. The summed E-state index contributed by atoms with van der Waals surface area (Å²) >= 11 is 8.56. The number of carbonyl (C=O) groups is 1. The Balaban J connectivity index is 2.39. The highest BCUT2D eigenvalue weighted by molar-refractivity contribution is 8.21. The molecule has 0 aromatic heterocycles. The lowest BCUT2D eigenvalue weighted by atomic mass is 10.6. The lowest BCUT2D eigenvalue weighted by Gasteiger charge is -1.98. The van der Waals surface area contributed by atoms with Gasteiger partial charge in [-0.25, -0.2) is 0 Å². The first-order chi connectivity index (χ1) is 4.20. The van der Waals surface area contributed by atoms with E-state index < -0.39 is 0 Å². The average Bonchev–Trinajstić information content (AvgIpc) is 2.14. The van der Waals surface area contributed by atoms with Crippen LogP contribution in [-0.4, -0.2) is 20.8 Å². The second-order valence-corrected chi connectivity index (χ2v) is 5.27. The van der Waals surface area contributed by atoms with E-state index in [4.69, 9.17) is 11.6 Å². The van der Waals surface area contributed by atoms with Gasteiger partial charge in [-0.2, -0.15) is 0 Å². The van der Waals surface area contributed by atoms with Crippen molar-refractivity contribution < 1.29 is 4.79 Å². The fraction of sp³-hybridized carbons (Fsp3) is 0.800. The number of hydrogen-bond acceptors (Lipinski definition) is 3. The first-order valence-corrected chi connectivity index (χ1v) is 5.03. The number of rotatable bonds is 1. The molecule has 1 fully saturated rings. The molecule has 0 N–H and O–H groups in total. The molecule has 0 aromatic carbocycles. The van der Waals surface area contributed by atoms with Crippen LogP contribution in [0.3, 0.4) is 0 Å². The molecule has 1 aliphatic heterocycles. The molecule has 0 amide bonds. The van der Waals surface area contributed by atoms with Gasteiger partial charge in [0.25, 0.3) is 0 Å². The number of halogens is 1. The van der Waals surface area contributed by atoms with E-state index in [1.54, 1.807) is 23.5 Å². The molecule has 0 bridgehead atoms. The monoisotopic (exact) mass is 182 g/mol. The summed E-state index contributed by atoms with van der Waals surface area (Å²) in [6, 6.07) is 0. The van der Waals surface area contributed by atoms with Crippen LogP contribution < -0.4 is 0 Å². The van der Waals surface area contributed by atoms with Crippen molar-refractivity contribution in [2.24, 2.45) is 0 Å². The SMILES string of the molecule is C[C@@H]1CS[C@@H](C(=O)Cl)S1. The van der Waals surface area contributed by atoms with Crippen molar-refractivity contribution in [1.29, 1.82) is 0 Å². The molecule has 1 aliphatic rings. The third kappa shape index (κ3) is 2.06. The van der Waals surface area contributed by atoms with Crippen LogP contribution in [0, 0.1) is 0 Å². The van der Waals surface area contributed by atoms with E-state index in [1.165, 1.54) is 0 Å². The van der Waals surface area contributed by atoms with Gasteiger partial charge in [0.2, 0.25) is 5.24 Å². The predicted octanol–water partition coefficient (Wildman–Crippen LogP) is 1.95. The van der Waals surface area contributed by atoms with Crippen molar-refractivity contribution in [3.05, 3.63) is 0 Å². The summed E-state index contributed by atoms with van der Waals surface area (Å²) in [6.45, 7) is 2.11. The fourth-order valence-corrected chi connectivity index (χ4v) is 3.75. The van der Waals surface area contributed by atoms with Crippen LogP contribution in [0.25, 0.3) is 0 Å². The maximum absolute atomic E-state index is 10.5. The molecule has 9 heavy (non-hydrogen) atoms. The summed E-state index contributed by atoms with van der Waals surface area (Å²) in [5.41, 5.74) is 0. The largest absolute Gasteiger partial charge is 0.279 e. The zero-order chi connectivity index (χ0) is 6.85. The van der Waals surface area contributed by atoms with Gasteiger partial charge in [0, 0.05) is 11.0 Å². The molecule has 0 spiro atoms. The van der Waals surface area contributed by atoms with Crippen molar-refractivity contribution in [2.75, 3.05) is 5.75 Å². The number of thioether (sulfide) groups is 2. The normalized spacial score (nSPS) is 34.9. The van der Waals surface area contributed by atoms with E-state index in [0.29, 0.717) is 5.25 Å². The smallest absolute Gasteiger partial charge is 0.244 e. The molecule has 0 aliphatic carbocycles.